The van der Waals surface area contributed by atoms with Crippen molar-refractivity contribution in [3.05, 3.63) is 30.1 Å². The molecule has 1 unspecified atom stereocenters. The van der Waals surface area contributed by atoms with Gasteiger partial charge in [0, 0.05) is 13.1 Å². The number of anilines is 1. The largest absolute Gasteiger partial charge is 0.316 e. The number of hydrogen-bond acceptors (Lipinski definition) is 2. The Morgan fingerprint density at radius 1 is 1.38 bits per heavy atom. The third-order valence-electron chi connectivity index (χ3n) is 4.36. The maximum Gasteiger partial charge on any atom is 0.234 e. The molecular weight excluding hydrogens is 267 g/mol. The maximum atomic E-state index is 14.1. The van der Waals surface area contributed by atoms with Crippen molar-refractivity contribution < 1.29 is 9.18 Å². The molecule has 1 N–H and O–H groups in total. The van der Waals surface area contributed by atoms with Crippen molar-refractivity contribution in [2.75, 3.05) is 24.5 Å². The number of amides is 1. The van der Waals surface area contributed by atoms with E-state index in [1.807, 2.05) is 6.92 Å². The van der Waals surface area contributed by atoms with Crippen LogP contribution in [-0.2, 0) is 4.79 Å². The van der Waals surface area contributed by atoms with Crippen LogP contribution in [0.25, 0.3) is 0 Å². The Balaban J connectivity index is 2.31. The highest BCUT2D eigenvalue weighted by atomic mass is 19.1. The number of carbonyl (C=O) groups excluding carboxylic acids is 1. The van der Waals surface area contributed by atoms with Crippen LogP contribution in [0.3, 0.4) is 0 Å². The lowest BCUT2D eigenvalue weighted by Gasteiger charge is -2.40. The fraction of sp³-hybridized carbons (Fsp3) is 0.588. The highest BCUT2D eigenvalue weighted by molar-refractivity contribution is 5.98. The first-order chi connectivity index (χ1) is 10.1. The molecule has 0 spiro atoms. The average molecular weight is 292 g/mol. The second kappa shape index (κ2) is 7.03. The van der Waals surface area contributed by atoms with Crippen molar-refractivity contribution in [3.8, 4) is 0 Å². The molecule has 1 aliphatic rings. The van der Waals surface area contributed by atoms with Crippen LogP contribution in [0, 0.1) is 11.2 Å². The third kappa shape index (κ3) is 3.26. The Morgan fingerprint density at radius 2 is 2.14 bits per heavy atom. The van der Waals surface area contributed by atoms with Crippen molar-refractivity contribution in [1.29, 1.82) is 0 Å². The summed E-state index contributed by atoms with van der Waals surface area (Å²) in [6, 6.07) is 6.53. The van der Waals surface area contributed by atoms with Gasteiger partial charge >= 0.3 is 0 Å². The summed E-state index contributed by atoms with van der Waals surface area (Å²) in [5.41, 5.74) is 0.0109. The van der Waals surface area contributed by atoms with E-state index in [0.717, 1.165) is 32.2 Å². The summed E-state index contributed by atoms with van der Waals surface area (Å²) in [6.45, 7) is 6.16. The fourth-order valence-electron chi connectivity index (χ4n) is 3.33. The molecule has 21 heavy (non-hydrogen) atoms. The highest BCUT2D eigenvalue weighted by Gasteiger charge is 2.41. The molecule has 1 amide bonds. The lowest BCUT2D eigenvalue weighted by Crippen LogP contribution is -2.52. The molecule has 4 heteroatoms. The number of rotatable bonds is 5. The molecule has 1 atom stereocenters. The number of para-hydroxylation sites is 1. The van der Waals surface area contributed by atoms with Gasteiger partial charge in [0.15, 0.2) is 0 Å². The molecule has 1 heterocycles. The number of hydrogen-bond donors (Lipinski definition) is 1. The van der Waals surface area contributed by atoms with Crippen molar-refractivity contribution in [2.45, 2.75) is 39.5 Å². The number of benzene rings is 1. The van der Waals surface area contributed by atoms with Crippen LogP contribution in [0.2, 0.25) is 0 Å². The van der Waals surface area contributed by atoms with Crippen molar-refractivity contribution in [2.24, 2.45) is 5.41 Å². The van der Waals surface area contributed by atoms with E-state index >= 15 is 0 Å². The van der Waals surface area contributed by atoms with Crippen LogP contribution in [0.15, 0.2) is 24.3 Å². The van der Waals surface area contributed by atoms with E-state index in [0.29, 0.717) is 18.8 Å². The zero-order valence-corrected chi connectivity index (χ0v) is 13.0. The van der Waals surface area contributed by atoms with Crippen molar-refractivity contribution in [1.82, 2.24) is 5.32 Å². The lowest BCUT2D eigenvalue weighted by molar-refractivity contribution is -0.129. The van der Waals surface area contributed by atoms with Gasteiger partial charge in [0.1, 0.15) is 5.82 Å². The number of carbonyl (C=O) groups is 1. The summed E-state index contributed by atoms with van der Waals surface area (Å²) >= 11 is 0. The summed E-state index contributed by atoms with van der Waals surface area (Å²) in [5, 5.41) is 3.35. The minimum Gasteiger partial charge on any atom is -0.316 e. The molecular formula is C17H25FN2O. The van der Waals surface area contributed by atoms with Gasteiger partial charge in [0.05, 0.1) is 11.1 Å². The summed E-state index contributed by atoms with van der Waals surface area (Å²) in [4.78, 5) is 14.7. The SMILES string of the molecule is CCCC1(C(=O)N(CC)c2ccccc2F)CCCNC1. The lowest BCUT2D eigenvalue weighted by atomic mass is 9.75. The molecule has 1 fully saturated rings. The van der Waals surface area contributed by atoms with Gasteiger partial charge in [-0.1, -0.05) is 25.5 Å². The van der Waals surface area contributed by atoms with E-state index in [-0.39, 0.29) is 17.1 Å². The molecule has 2 rings (SSSR count). The summed E-state index contributed by atoms with van der Waals surface area (Å²) in [5.74, 6) is -0.271. The minimum atomic E-state index is -0.384. The van der Waals surface area contributed by atoms with E-state index in [1.54, 1.807) is 23.1 Å². The molecule has 116 valence electrons. The first kappa shape index (κ1) is 16.0. The van der Waals surface area contributed by atoms with E-state index in [1.165, 1.54) is 6.07 Å². The second-order valence-corrected chi connectivity index (χ2v) is 5.81. The van der Waals surface area contributed by atoms with Gasteiger partial charge < -0.3 is 10.2 Å². The van der Waals surface area contributed by atoms with Gasteiger partial charge in [-0.05, 0) is 44.9 Å². The summed E-state index contributed by atoms with van der Waals surface area (Å²) in [6.07, 6.45) is 3.70. The van der Waals surface area contributed by atoms with E-state index in [2.05, 4.69) is 12.2 Å². The summed E-state index contributed by atoms with van der Waals surface area (Å²) in [7, 11) is 0. The van der Waals surface area contributed by atoms with Gasteiger partial charge in [-0.2, -0.15) is 0 Å². The van der Waals surface area contributed by atoms with Crippen LogP contribution in [0.4, 0.5) is 10.1 Å². The molecule has 1 aliphatic heterocycles. The Morgan fingerprint density at radius 3 is 2.71 bits per heavy atom. The Kier molecular flexibility index (Phi) is 5.34. The monoisotopic (exact) mass is 292 g/mol. The molecule has 0 aliphatic carbocycles. The number of nitrogens with zero attached hydrogens (tertiary/aromatic N) is 1. The number of piperidine rings is 1. The highest BCUT2D eigenvalue weighted by Crippen LogP contribution is 2.35. The van der Waals surface area contributed by atoms with Crippen LogP contribution >= 0.6 is 0 Å². The van der Waals surface area contributed by atoms with Gasteiger partial charge in [-0.3, -0.25) is 4.79 Å². The normalized spacial score (nSPS) is 22.0. The fourth-order valence-corrected chi connectivity index (χ4v) is 3.33. The molecule has 0 saturated carbocycles. The smallest absolute Gasteiger partial charge is 0.234 e. The Labute approximate surface area is 126 Å². The van der Waals surface area contributed by atoms with E-state index in [4.69, 9.17) is 0 Å². The molecule has 1 aromatic rings. The Bertz CT molecular complexity index is 478. The van der Waals surface area contributed by atoms with Gasteiger partial charge in [0.2, 0.25) is 5.91 Å². The molecule has 3 nitrogen and oxygen atoms in total. The molecule has 0 bridgehead atoms. The predicted octanol–water partition coefficient (Wildman–Crippen LogP) is 3.35. The molecule has 1 aromatic carbocycles. The van der Waals surface area contributed by atoms with Gasteiger partial charge in [0.25, 0.3) is 0 Å². The molecule has 0 radical (unpaired) electrons. The van der Waals surface area contributed by atoms with Gasteiger partial charge in [-0.25, -0.2) is 4.39 Å². The first-order valence-electron chi connectivity index (χ1n) is 7.92. The van der Waals surface area contributed by atoms with E-state index in [9.17, 15) is 9.18 Å². The molecule has 1 saturated heterocycles. The Hall–Kier alpha value is -1.42. The van der Waals surface area contributed by atoms with Crippen LogP contribution < -0.4 is 10.2 Å². The second-order valence-electron chi connectivity index (χ2n) is 5.81. The van der Waals surface area contributed by atoms with Crippen LogP contribution in [-0.4, -0.2) is 25.5 Å². The van der Waals surface area contributed by atoms with E-state index < -0.39 is 0 Å². The quantitative estimate of drug-likeness (QED) is 0.902. The number of halogens is 1. The summed E-state index contributed by atoms with van der Waals surface area (Å²) < 4.78 is 14.1. The molecule has 0 aromatic heterocycles. The first-order valence-corrected chi connectivity index (χ1v) is 7.92. The average Bonchev–Trinajstić information content (AvgIpc) is 2.51. The standard InChI is InChI=1S/C17H25FN2O/c1-3-10-17(11-7-12-19-13-17)16(21)20(4-2)15-9-6-5-8-14(15)18/h5-6,8-9,19H,3-4,7,10-13H2,1-2H3. The zero-order valence-electron chi connectivity index (χ0n) is 13.0. The predicted molar refractivity (Wildman–Crippen MR) is 83.9 cm³/mol. The van der Waals surface area contributed by atoms with Crippen LogP contribution in [0.5, 0.6) is 0 Å². The topological polar surface area (TPSA) is 32.3 Å². The van der Waals surface area contributed by atoms with Crippen molar-refractivity contribution >= 4 is 11.6 Å². The van der Waals surface area contributed by atoms with Crippen LogP contribution in [0.1, 0.15) is 39.5 Å². The zero-order chi connectivity index (χ0) is 15.3. The number of nitrogens with one attached hydrogen (secondary N) is 1. The van der Waals surface area contributed by atoms with Crippen molar-refractivity contribution in [3.63, 3.8) is 0 Å². The minimum absolute atomic E-state index is 0.0594. The van der Waals surface area contributed by atoms with Gasteiger partial charge in [-0.15, -0.1) is 0 Å². The third-order valence-corrected chi connectivity index (χ3v) is 4.36. The maximum absolute atomic E-state index is 14.1.